The largest absolute Gasteiger partial charge is 0.383 e. The number of rotatable bonds is 6. The standard InChI is InChI=1S/C19H20N6O3/c20-14-15-13-16(25(27)28)4-5-17(15)21-8-6-19(26)24-11-9-23(10-12-24)18-3-1-2-7-22-18/h1-5,7,13,21H,6,8-12H2. The van der Waals surface area contributed by atoms with Crippen LogP contribution in [0, 0.1) is 21.4 Å². The van der Waals surface area contributed by atoms with Gasteiger partial charge in [-0.25, -0.2) is 4.98 Å². The quantitative estimate of drug-likeness (QED) is 0.602. The lowest BCUT2D eigenvalue weighted by atomic mass is 10.1. The number of nitro benzene ring substituents is 1. The van der Waals surface area contributed by atoms with Gasteiger partial charge in [-0.1, -0.05) is 6.07 Å². The number of nitro groups is 1. The van der Waals surface area contributed by atoms with E-state index in [1.54, 1.807) is 6.20 Å². The van der Waals surface area contributed by atoms with Gasteiger partial charge >= 0.3 is 0 Å². The Bertz CT molecular complexity index is 888. The summed E-state index contributed by atoms with van der Waals surface area (Å²) in [5.74, 6) is 0.951. The topological polar surface area (TPSA) is 115 Å². The molecule has 0 radical (unpaired) electrons. The van der Waals surface area contributed by atoms with Crippen molar-refractivity contribution in [2.45, 2.75) is 6.42 Å². The lowest BCUT2D eigenvalue weighted by Crippen LogP contribution is -2.49. The van der Waals surface area contributed by atoms with Gasteiger partial charge in [0.15, 0.2) is 0 Å². The number of piperazine rings is 1. The summed E-state index contributed by atoms with van der Waals surface area (Å²) in [5.41, 5.74) is 0.537. The van der Waals surface area contributed by atoms with Gasteiger partial charge in [-0.05, 0) is 18.2 Å². The summed E-state index contributed by atoms with van der Waals surface area (Å²) in [6, 6.07) is 11.8. The molecule has 0 aliphatic carbocycles. The minimum absolute atomic E-state index is 0.0357. The molecular weight excluding hydrogens is 360 g/mol. The molecule has 28 heavy (non-hydrogen) atoms. The summed E-state index contributed by atoms with van der Waals surface area (Å²) < 4.78 is 0. The summed E-state index contributed by atoms with van der Waals surface area (Å²) in [7, 11) is 0. The fourth-order valence-electron chi connectivity index (χ4n) is 3.08. The highest BCUT2D eigenvalue weighted by atomic mass is 16.6. The van der Waals surface area contributed by atoms with E-state index in [0.717, 1.165) is 18.9 Å². The Morgan fingerprint density at radius 3 is 2.68 bits per heavy atom. The van der Waals surface area contributed by atoms with E-state index >= 15 is 0 Å². The number of nitrogens with one attached hydrogen (secondary N) is 1. The van der Waals surface area contributed by atoms with Gasteiger partial charge in [0, 0.05) is 57.5 Å². The van der Waals surface area contributed by atoms with Crippen molar-refractivity contribution < 1.29 is 9.72 Å². The van der Waals surface area contributed by atoms with E-state index in [0.29, 0.717) is 25.3 Å². The van der Waals surface area contributed by atoms with Gasteiger partial charge in [0.1, 0.15) is 11.9 Å². The fraction of sp³-hybridized carbons (Fsp3) is 0.316. The zero-order valence-corrected chi connectivity index (χ0v) is 15.2. The maximum atomic E-state index is 12.4. The minimum atomic E-state index is -0.543. The Balaban J connectivity index is 1.48. The lowest BCUT2D eigenvalue weighted by Gasteiger charge is -2.35. The normalized spacial score (nSPS) is 13.7. The molecule has 2 aromatic rings. The first-order chi connectivity index (χ1) is 13.6. The molecule has 1 aromatic heterocycles. The molecule has 9 nitrogen and oxygen atoms in total. The van der Waals surface area contributed by atoms with E-state index in [-0.39, 0.29) is 23.6 Å². The lowest BCUT2D eigenvalue weighted by molar-refractivity contribution is -0.384. The summed E-state index contributed by atoms with van der Waals surface area (Å²) in [5, 5.41) is 23.0. The van der Waals surface area contributed by atoms with Crippen molar-refractivity contribution >= 4 is 23.1 Å². The summed E-state index contributed by atoms with van der Waals surface area (Å²) in [6.45, 7) is 3.09. The number of carbonyl (C=O) groups excluding carboxylic acids is 1. The Morgan fingerprint density at radius 1 is 1.25 bits per heavy atom. The van der Waals surface area contributed by atoms with Crippen LogP contribution in [-0.4, -0.2) is 53.4 Å². The van der Waals surface area contributed by atoms with Crippen molar-refractivity contribution in [2.75, 3.05) is 42.9 Å². The monoisotopic (exact) mass is 380 g/mol. The van der Waals surface area contributed by atoms with Crippen molar-refractivity contribution in [2.24, 2.45) is 0 Å². The number of carbonyl (C=O) groups is 1. The molecule has 1 aliphatic rings. The number of nitriles is 1. The molecule has 1 aromatic carbocycles. The molecule has 3 rings (SSSR count). The molecule has 0 bridgehead atoms. The highest BCUT2D eigenvalue weighted by Crippen LogP contribution is 2.21. The van der Waals surface area contributed by atoms with Gasteiger partial charge in [0.25, 0.3) is 5.69 Å². The molecule has 1 amide bonds. The minimum Gasteiger partial charge on any atom is -0.383 e. The van der Waals surface area contributed by atoms with Crippen molar-refractivity contribution in [1.82, 2.24) is 9.88 Å². The van der Waals surface area contributed by atoms with Crippen LogP contribution in [0.4, 0.5) is 17.2 Å². The third-order valence-electron chi connectivity index (χ3n) is 4.59. The zero-order chi connectivity index (χ0) is 19.9. The Kier molecular flexibility index (Phi) is 6.01. The van der Waals surface area contributed by atoms with Gasteiger partial charge in [-0.15, -0.1) is 0 Å². The summed E-state index contributed by atoms with van der Waals surface area (Å²) >= 11 is 0. The maximum absolute atomic E-state index is 12.4. The van der Waals surface area contributed by atoms with Gasteiger partial charge in [0.05, 0.1) is 16.2 Å². The average molecular weight is 380 g/mol. The fourth-order valence-corrected chi connectivity index (χ4v) is 3.08. The van der Waals surface area contributed by atoms with Crippen LogP contribution in [0.15, 0.2) is 42.6 Å². The van der Waals surface area contributed by atoms with E-state index < -0.39 is 4.92 Å². The number of amides is 1. The van der Waals surface area contributed by atoms with E-state index in [2.05, 4.69) is 15.2 Å². The van der Waals surface area contributed by atoms with Gasteiger partial charge in [0.2, 0.25) is 5.91 Å². The first-order valence-corrected chi connectivity index (χ1v) is 8.94. The molecule has 0 atom stereocenters. The summed E-state index contributed by atoms with van der Waals surface area (Å²) in [6.07, 6.45) is 2.04. The Labute approximate surface area is 162 Å². The van der Waals surface area contributed by atoms with Crippen LogP contribution in [-0.2, 0) is 4.79 Å². The molecule has 1 fully saturated rings. The van der Waals surface area contributed by atoms with E-state index in [4.69, 9.17) is 5.26 Å². The van der Waals surface area contributed by atoms with Crippen molar-refractivity contribution in [3.05, 3.63) is 58.3 Å². The van der Waals surface area contributed by atoms with E-state index in [1.165, 1.54) is 18.2 Å². The van der Waals surface area contributed by atoms with Gasteiger partial charge in [-0.2, -0.15) is 5.26 Å². The second kappa shape index (κ2) is 8.81. The molecule has 9 heteroatoms. The molecule has 2 heterocycles. The first kappa shape index (κ1) is 19.1. The second-order valence-electron chi connectivity index (χ2n) is 6.33. The van der Waals surface area contributed by atoms with Crippen LogP contribution in [0.2, 0.25) is 0 Å². The zero-order valence-electron chi connectivity index (χ0n) is 15.2. The number of aromatic nitrogens is 1. The molecular formula is C19H20N6O3. The van der Waals surface area contributed by atoms with Crippen molar-refractivity contribution in [3.63, 3.8) is 0 Å². The summed E-state index contributed by atoms with van der Waals surface area (Å²) in [4.78, 5) is 31.0. The molecule has 1 aliphatic heterocycles. The number of hydrogen-bond donors (Lipinski definition) is 1. The van der Waals surface area contributed by atoms with Crippen LogP contribution < -0.4 is 10.2 Å². The van der Waals surface area contributed by atoms with E-state index in [9.17, 15) is 14.9 Å². The third kappa shape index (κ3) is 4.54. The van der Waals surface area contributed by atoms with Gasteiger partial charge in [-0.3, -0.25) is 14.9 Å². The smallest absolute Gasteiger partial charge is 0.270 e. The van der Waals surface area contributed by atoms with E-state index in [1.807, 2.05) is 29.2 Å². The highest BCUT2D eigenvalue weighted by Gasteiger charge is 2.21. The molecule has 0 spiro atoms. The molecule has 0 saturated carbocycles. The van der Waals surface area contributed by atoms with Crippen LogP contribution in [0.25, 0.3) is 0 Å². The molecule has 0 unspecified atom stereocenters. The predicted molar refractivity (Wildman–Crippen MR) is 104 cm³/mol. The molecule has 1 N–H and O–H groups in total. The Hall–Kier alpha value is -3.67. The number of non-ortho nitro benzene ring substituents is 1. The number of benzene rings is 1. The van der Waals surface area contributed by atoms with Crippen LogP contribution in [0.1, 0.15) is 12.0 Å². The third-order valence-corrected chi connectivity index (χ3v) is 4.59. The second-order valence-corrected chi connectivity index (χ2v) is 6.33. The molecule has 1 saturated heterocycles. The van der Waals surface area contributed by atoms with Crippen LogP contribution in [0.3, 0.4) is 0 Å². The maximum Gasteiger partial charge on any atom is 0.270 e. The highest BCUT2D eigenvalue weighted by molar-refractivity contribution is 5.77. The van der Waals surface area contributed by atoms with Gasteiger partial charge < -0.3 is 15.1 Å². The molecule has 144 valence electrons. The first-order valence-electron chi connectivity index (χ1n) is 8.94. The van der Waals surface area contributed by atoms with Crippen LogP contribution in [0.5, 0.6) is 0 Å². The SMILES string of the molecule is N#Cc1cc([N+](=O)[O-])ccc1NCCC(=O)N1CCN(c2ccccn2)CC1. The number of nitrogens with zero attached hydrogens (tertiary/aromatic N) is 5. The van der Waals surface area contributed by atoms with Crippen LogP contribution >= 0.6 is 0 Å². The van der Waals surface area contributed by atoms with Crippen molar-refractivity contribution in [3.8, 4) is 6.07 Å². The number of anilines is 2. The Morgan fingerprint density at radius 2 is 2.04 bits per heavy atom. The van der Waals surface area contributed by atoms with Crippen molar-refractivity contribution in [1.29, 1.82) is 5.26 Å². The number of hydrogen-bond acceptors (Lipinski definition) is 7. The average Bonchev–Trinajstić information content (AvgIpc) is 2.74. The number of pyridine rings is 1. The predicted octanol–water partition coefficient (Wildman–Crippen LogP) is 2.01.